The van der Waals surface area contributed by atoms with Gasteiger partial charge < -0.3 is 45.5 Å². The Morgan fingerprint density at radius 1 is 0.260 bits per heavy atom. The summed E-state index contributed by atoms with van der Waals surface area (Å²) >= 11 is 0. The lowest BCUT2D eigenvalue weighted by Crippen LogP contribution is -2.26. The van der Waals surface area contributed by atoms with Gasteiger partial charge in [-0.1, -0.05) is 202 Å². The number of hydrogen-bond acceptors (Lipinski definition) is 21. The van der Waals surface area contributed by atoms with Crippen LogP contribution in [-0.4, -0.2) is 171 Å². The summed E-state index contributed by atoms with van der Waals surface area (Å²) in [5.41, 5.74) is 17.4. The molecule has 31 heteroatoms. The van der Waals surface area contributed by atoms with E-state index in [4.69, 9.17) is 28.5 Å². The van der Waals surface area contributed by atoms with Crippen LogP contribution in [0.4, 0.5) is 28.4 Å². The molecule has 0 fully saturated rings. The van der Waals surface area contributed by atoms with Crippen LogP contribution < -0.4 is 48.1 Å². The molecule has 0 amide bonds. The number of para-hydroxylation sites is 5. The van der Waals surface area contributed by atoms with E-state index < -0.39 is 50.1 Å². The average Bonchev–Trinajstić information content (AvgIpc) is 1.63. The molecule has 131 heavy (non-hydrogen) atoms. The van der Waals surface area contributed by atoms with Crippen LogP contribution in [0, 0.1) is 34.6 Å². The number of rotatable bonds is 28. The van der Waals surface area contributed by atoms with E-state index in [2.05, 4.69) is 33.5 Å². The lowest BCUT2D eigenvalue weighted by Gasteiger charge is -2.22. The van der Waals surface area contributed by atoms with Crippen LogP contribution in [0.15, 0.2) is 237 Å². The van der Waals surface area contributed by atoms with Crippen molar-refractivity contribution in [2.24, 2.45) is 0 Å². The third-order valence-corrected chi connectivity index (χ3v) is 33.1. The van der Waals surface area contributed by atoms with Crippen molar-refractivity contribution in [2.45, 2.75) is 160 Å². The second-order valence-electron chi connectivity index (χ2n) is 33.0. The zero-order valence-electron chi connectivity index (χ0n) is 77.8. The monoisotopic (exact) mass is 1880 g/mol. The van der Waals surface area contributed by atoms with Crippen LogP contribution in [0.3, 0.4) is 0 Å². The Morgan fingerprint density at radius 3 is 0.718 bits per heavy atom. The average molecular weight is 1890 g/mol. The molecule has 0 aromatic heterocycles. The van der Waals surface area contributed by atoms with E-state index >= 15 is 0 Å². The minimum atomic E-state index is -3.59. The molecule has 704 valence electrons. The summed E-state index contributed by atoms with van der Waals surface area (Å²) in [7, 11) is -3.09. The van der Waals surface area contributed by atoms with Crippen molar-refractivity contribution in [2.75, 3.05) is 144 Å². The number of anilines is 5. The van der Waals surface area contributed by atoms with Crippen LogP contribution in [0.25, 0.3) is 0 Å². The van der Waals surface area contributed by atoms with Crippen LogP contribution in [0.2, 0.25) is 0 Å². The predicted molar refractivity (Wildman–Crippen MR) is 520 cm³/mol. The number of aryl methyl sites for hydroxylation is 5. The van der Waals surface area contributed by atoms with Gasteiger partial charge in [0, 0.05) is 90.1 Å². The van der Waals surface area contributed by atoms with Crippen molar-refractivity contribution in [3.8, 4) is 0 Å². The predicted octanol–water partition coefficient (Wildman–Crippen LogP) is 16.0. The minimum absolute atomic E-state index is 0.124. The normalized spacial score (nSPS) is 17.9. The fraction of sp³-hybridized carbons (Fsp3) is 0.390. The smallest absolute Gasteiger partial charge is 0.373 e. The maximum Gasteiger partial charge on any atom is 0.373 e. The standard InChI is InChI=1S/C23H32N2O2S.4C19H24N2O3S.CO2/c1-4-5-6-7-8-11-16-24-23-19-12-9-10-13-21(19)25(3)28(26,27)22-15-14-18(2)17-20(22)23;1-14-9-10-18-16(13-14)19(20-11-6-12-24-3)15-7-4-5-8-17(15)21(2)25(18,22)23;3*1-14-9-10-16-18(13-14)25(22,23)21(2)17-8-5-4-7-15(17)19(16)20-11-6-12-24-3;2-1-3/h9-10,12-15,17,23-24H,4-8,11,16H2,1-3H3;4*4-5,7-10,13,19-20H,6,11-12H2,1-3H3;. The highest BCUT2D eigenvalue weighted by molar-refractivity contribution is 7.94. The number of sulfonamides is 5. The van der Waals surface area contributed by atoms with E-state index in [-0.39, 0.29) is 36.4 Å². The number of methoxy groups -OCH3 is 4. The first-order valence-corrected chi connectivity index (χ1v) is 51.5. The molecule has 5 aliphatic rings. The van der Waals surface area contributed by atoms with E-state index in [0.717, 1.165) is 154 Å². The molecular formula is C100H128N10O16S5. The maximum atomic E-state index is 13.2. The molecule has 0 saturated heterocycles. The topological polar surface area (TPSA) is 318 Å². The molecule has 0 bridgehead atoms. The molecule has 0 saturated carbocycles. The van der Waals surface area contributed by atoms with Gasteiger partial charge >= 0.3 is 6.15 Å². The summed E-state index contributed by atoms with van der Waals surface area (Å²) in [6.07, 6.45) is 11.1. The molecule has 26 nitrogen and oxygen atoms in total. The Hall–Kier alpha value is -10.0. The molecular weight excluding hydrogens is 1760 g/mol. The maximum absolute atomic E-state index is 13.2. The largest absolute Gasteiger partial charge is 0.385 e. The van der Waals surface area contributed by atoms with Gasteiger partial charge in [0.05, 0.1) is 83.1 Å². The first kappa shape index (κ1) is 103. The molecule has 5 aliphatic heterocycles. The second-order valence-corrected chi connectivity index (χ2v) is 42.7. The van der Waals surface area contributed by atoms with E-state index in [9.17, 15) is 42.1 Å². The molecule has 0 aliphatic carbocycles. The Balaban J connectivity index is 0.000000169. The number of fused-ring (bicyclic) bond motifs is 10. The fourth-order valence-corrected chi connectivity index (χ4v) is 24.5. The number of unbranched alkanes of at least 4 members (excludes halogenated alkanes) is 5. The number of benzene rings is 10. The third kappa shape index (κ3) is 24.1. The molecule has 0 radical (unpaired) electrons. The molecule has 5 heterocycles. The number of carbonyl (C=O) groups excluding carboxylic acids is 2. The molecule has 5 atom stereocenters. The van der Waals surface area contributed by atoms with E-state index in [1.54, 1.807) is 94.0 Å². The highest BCUT2D eigenvalue weighted by Gasteiger charge is 2.41. The van der Waals surface area contributed by atoms with Crippen molar-refractivity contribution in [1.29, 1.82) is 0 Å². The fourth-order valence-electron chi connectivity index (χ4n) is 17.0. The lowest BCUT2D eigenvalue weighted by atomic mass is 9.95. The van der Waals surface area contributed by atoms with Crippen molar-refractivity contribution < 1.29 is 70.6 Å². The quantitative estimate of drug-likeness (QED) is 0.0284. The van der Waals surface area contributed by atoms with E-state index in [0.29, 0.717) is 73.7 Å². The molecule has 5 unspecified atom stereocenters. The third-order valence-electron chi connectivity index (χ3n) is 23.9. The minimum Gasteiger partial charge on any atom is -0.385 e. The van der Waals surface area contributed by atoms with Gasteiger partial charge in [0.25, 0.3) is 50.1 Å². The van der Waals surface area contributed by atoms with Gasteiger partial charge in [-0.05, 0) is 232 Å². The van der Waals surface area contributed by atoms with Gasteiger partial charge in [0.2, 0.25) is 0 Å². The molecule has 10 aromatic carbocycles. The first-order chi connectivity index (χ1) is 62.7. The van der Waals surface area contributed by atoms with Gasteiger partial charge in [0.1, 0.15) is 0 Å². The summed E-state index contributed by atoms with van der Waals surface area (Å²) in [6, 6.07) is 65.8. The van der Waals surface area contributed by atoms with Crippen LogP contribution in [0.5, 0.6) is 0 Å². The number of nitrogens with zero attached hydrogens (tertiary/aromatic N) is 5. The summed E-state index contributed by atoms with van der Waals surface area (Å²) in [5, 5.41) is 17.7. The lowest BCUT2D eigenvalue weighted by molar-refractivity contribution is -0.191. The van der Waals surface area contributed by atoms with Crippen molar-refractivity contribution in [1.82, 2.24) is 26.6 Å². The number of hydrogen-bond donors (Lipinski definition) is 5. The van der Waals surface area contributed by atoms with Crippen LogP contribution >= 0.6 is 0 Å². The molecule has 0 spiro atoms. The highest BCUT2D eigenvalue weighted by Crippen LogP contribution is 2.47. The Bertz CT molecular complexity index is 5840. The van der Waals surface area contributed by atoms with Gasteiger partial charge in [-0.2, -0.15) is 9.59 Å². The summed E-state index contributed by atoms with van der Waals surface area (Å²) in [5.74, 6) is 0. The Kier molecular flexibility index (Phi) is 37.4. The Morgan fingerprint density at radius 2 is 0.466 bits per heavy atom. The summed E-state index contributed by atoms with van der Waals surface area (Å²) < 4.78 is 159. The van der Waals surface area contributed by atoms with Crippen LogP contribution in [0.1, 0.15) is 185 Å². The van der Waals surface area contributed by atoms with Crippen molar-refractivity contribution >= 4 is 84.7 Å². The van der Waals surface area contributed by atoms with Gasteiger partial charge in [-0.15, -0.1) is 0 Å². The zero-order valence-corrected chi connectivity index (χ0v) is 81.9. The summed E-state index contributed by atoms with van der Waals surface area (Å²) in [6.45, 7) is 18.5. The number of ether oxygens (including phenoxy) is 4. The van der Waals surface area contributed by atoms with Gasteiger partial charge in [-0.25, -0.2) is 42.1 Å². The SMILES string of the molecule is CCCCCCCCNC1c2ccccc2N(C)S(=O)(=O)c2ccc(C)cc21.COCCCNC1c2ccccc2N(C)S(=O)(=O)c2cc(C)ccc21.COCCCNC1c2ccccc2N(C)S(=O)(=O)c2cc(C)ccc21.COCCCNC1c2ccccc2N(C)S(=O)(=O)c2cc(C)ccc21.COCCCNC1c2ccccc2N(C)S(=O)(=O)c2ccc(C)cc21.O=C=O. The molecule has 5 N–H and O–H groups in total. The van der Waals surface area contributed by atoms with E-state index in [1.165, 1.54) is 53.6 Å². The van der Waals surface area contributed by atoms with Crippen molar-refractivity contribution in [3.05, 3.63) is 296 Å². The Labute approximate surface area is 777 Å². The molecule has 15 rings (SSSR count). The zero-order chi connectivity index (χ0) is 95.0. The number of nitrogens with one attached hydrogen (secondary N) is 5. The van der Waals surface area contributed by atoms with Gasteiger partial charge in [0.15, 0.2) is 0 Å². The van der Waals surface area contributed by atoms with Crippen LogP contribution in [-0.2, 0) is 78.7 Å². The van der Waals surface area contributed by atoms with Gasteiger partial charge in [-0.3, -0.25) is 21.5 Å². The van der Waals surface area contributed by atoms with E-state index in [1.807, 2.05) is 217 Å². The summed E-state index contributed by atoms with van der Waals surface area (Å²) in [4.78, 5) is 18.1. The second kappa shape index (κ2) is 47.6. The first-order valence-electron chi connectivity index (χ1n) is 44.3. The molecule has 10 aromatic rings. The highest BCUT2D eigenvalue weighted by atomic mass is 32.2. The van der Waals surface area contributed by atoms with Crippen molar-refractivity contribution in [3.63, 3.8) is 0 Å².